The number of fused-ring (bicyclic) bond motifs is 1. The van der Waals surface area contributed by atoms with Crippen molar-refractivity contribution in [1.82, 2.24) is 9.55 Å². The Morgan fingerprint density at radius 1 is 1.19 bits per heavy atom. The van der Waals surface area contributed by atoms with Gasteiger partial charge in [-0.25, -0.2) is 4.98 Å². The maximum atomic E-state index is 10.6. The normalized spacial score (nSPS) is 15.2. The number of imidazole rings is 1. The van der Waals surface area contributed by atoms with Gasteiger partial charge >= 0.3 is 0 Å². The number of aromatic nitrogens is 2. The number of para-hydroxylation sites is 2. The van der Waals surface area contributed by atoms with Crippen LogP contribution in [-0.4, -0.2) is 27.4 Å². The molecule has 1 fully saturated rings. The standard InChI is InChI=1S/C22H26N2O2.ClH/c1-15-10-11-21(16(2)12-15)26-14-18(25)13-24-20-9-4-3-8-19(20)23-22(24)17-6-5-7-17;/h3-4,8-12,17-18,25H,5-7,13-14H2,1-2H3;1H. The van der Waals surface area contributed by atoms with Crippen molar-refractivity contribution in [3.8, 4) is 5.75 Å². The Labute approximate surface area is 166 Å². The smallest absolute Gasteiger partial charge is 0.122 e. The van der Waals surface area contributed by atoms with Gasteiger partial charge in [-0.15, -0.1) is 12.4 Å². The van der Waals surface area contributed by atoms with Crippen LogP contribution in [0.1, 0.15) is 42.1 Å². The lowest BCUT2D eigenvalue weighted by molar-refractivity contribution is 0.0916. The summed E-state index contributed by atoms with van der Waals surface area (Å²) in [6.45, 7) is 4.89. The fourth-order valence-electron chi connectivity index (χ4n) is 3.67. The Bertz CT molecular complexity index is 918. The van der Waals surface area contributed by atoms with Crippen molar-refractivity contribution in [2.45, 2.75) is 51.7 Å². The van der Waals surface area contributed by atoms with Gasteiger partial charge in [-0.05, 0) is 50.5 Å². The molecule has 0 aliphatic heterocycles. The minimum atomic E-state index is -0.577. The first-order valence-electron chi connectivity index (χ1n) is 9.45. The van der Waals surface area contributed by atoms with E-state index < -0.39 is 6.10 Å². The van der Waals surface area contributed by atoms with E-state index in [0.29, 0.717) is 12.5 Å². The molecule has 1 aliphatic rings. The first kappa shape index (κ1) is 19.7. The maximum absolute atomic E-state index is 10.6. The van der Waals surface area contributed by atoms with Crippen LogP contribution >= 0.6 is 12.4 Å². The van der Waals surface area contributed by atoms with E-state index in [2.05, 4.69) is 23.6 Å². The molecule has 0 amide bonds. The van der Waals surface area contributed by atoms with Gasteiger partial charge in [0.2, 0.25) is 0 Å². The number of aliphatic hydroxyl groups excluding tert-OH is 1. The lowest BCUT2D eigenvalue weighted by Gasteiger charge is -2.26. The van der Waals surface area contributed by atoms with E-state index in [9.17, 15) is 5.11 Å². The third kappa shape index (κ3) is 4.12. The first-order valence-corrected chi connectivity index (χ1v) is 9.45. The highest BCUT2D eigenvalue weighted by molar-refractivity contribution is 5.85. The zero-order chi connectivity index (χ0) is 18.1. The molecule has 0 spiro atoms. The highest BCUT2D eigenvalue weighted by atomic mass is 35.5. The molecule has 0 bridgehead atoms. The van der Waals surface area contributed by atoms with Crippen molar-refractivity contribution in [3.05, 3.63) is 59.4 Å². The molecular formula is C22H27ClN2O2. The van der Waals surface area contributed by atoms with E-state index >= 15 is 0 Å². The van der Waals surface area contributed by atoms with E-state index in [4.69, 9.17) is 9.72 Å². The number of nitrogens with zero attached hydrogens (tertiary/aromatic N) is 2. The van der Waals surface area contributed by atoms with Crippen molar-refractivity contribution >= 4 is 23.4 Å². The van der Waals surface area contributed by atoms with Crippen LogP contribution in [0, 0.1) is 13.8 Å². The summed E-state index contributed by atoms with van der Waals surface area (Å²) in [6, 6.07) is 14.3. The molecule has 1 aliphatic carbocycles. The molecule has 4 rings (SSSR count). The van der Waals surface area contributed by atoms with Crippen LogP contribution in [0.5, 0.6) is 5.75 Å². The topological polar surface area (TPSA) is 47.3 Å². The van der Waals surface area contributed by atoms with Crippen molar-refractivity contribution in [2.24, 2.45) is 0 Å². The average molecular weight is 387 g/mol. The Hall–Kier alpha value is -2.04. The minimum Gasteiger partial charge on any atom is -0.491 e. The fourth-order valence-corrected chi connectivity index (χ4v) is 3.67. The molecule has 1 N–H and O–H groups in total. The Balaban J connectivity index is 0.00000210. The van der Waals surface area contributed by atoms with Crippen molar-refractivity contribution in [1.29, 1.82) is 0 Å². The summed E-state index contributed by atoms with van der Waals surface area (Å²) in [4.78, 5) is 4.84. The lowest BCUT2D eigenvalue weighted by atomic mass is 9.85. The van der Waals surface area contributed by atoms with Crippen molar-refractivity contribution in [2.75, 3.05) is 6.61 Å². The van der Waals surface area contributed by atoms with Gasteiger partial charge in [0, 0.05) is 5.92 Å². The molecule has 2 aromatic carbocycles. The number of halogens is 1. The van der Waals surface area contributed by atoms with Crippen LogP contribution in [0.2, 0.25) is 0 Å². The van der Waals surface area contributed by atoms with Gasteiger partial charge in [0.25, 0.3) is 0 Å². The highest BCUT2D eigenvalue weighted by Gasteiger charge is 2.26. The van der Waals surface area contributed by atoms with Crippen LogP contribution in [0.15, 0.2) is 42.5 Å². The molecule has 1 heterocycles. The molecule has 1 saturated carbocycles. The molecule has 4 nitrogen and oxygen atoms in total. The second-order valence-corrected chi connectivity index (χ2v) is 7.43. The number of benzene rings is 2. The van der Waals surface area contributed by atoms with E-state index in [1.54, 1.807) is 0 Å². The molecule has 1 atom stereocenters. The third-order valence-electron chi connectivity index (χ3n) is 5.31. The summed E-state index contributed by atoms with van der Waals surface area (Å²) in [7, 11) is 0. The second kappa shape index (κ2) is 8.32. The molecule has 144 valence electrons. The summed E-state index contributed by atoms with van der Waals surface area (Å²) in [5.41, 5.74) is 4.42. The van der Waals surface area contributed by atoms with E-state index in [-0.39, 0.29) is 19.0 Å². The highest BCUT2D eigenvalue weighted by Crippen LogP contribution is 2.37. The summed E-state index contributed by atoms with van der Waals surface area (Å²) < 4.78 is 8.06. The number of aliphatic hydroxyl groups is 1. The molecule has 27 heavy (non-hydrogen) atoms. The fraction of sp³-hybridized carbons (Fsp3) is 0.409. The summed E-state index contributed by atoms with van der Waals surface area (Å²) in [6.07, 6.45) is 3.08. The van der Waals surface area contributed by atoms with Crippen molar-refractivity contribution < 1.29 is 9.84 Å². The van der Waals surface area contributed by atoms with Gasteiger partial charge in [-0.2, -0.15) is 0 Å². The van der Waals surface area contributed by atoms with Gasteiger partial charge in [0.05, 0.1) is 17.6 Å². The van der Waals surface area contributed by atoms with E-state index in [0.717, 1.165) is 28.2 Å². The monoisotopic (exact) mass is 386 g/mol. The second-order valence-electron chi connectivity index (χ2n) is 7.43. The largest absolute Gasteiger partial charge is 0.491 e. The van der Waals surface area contributed by atoms with Gasteiger partial charge in [-0.1, -0.05) is 36.2 Å². The van der Waals surface area contributed by atoms with Crippen LogP contribution in [0.3, 0.4) is 0 Å². The van der Waals surface area contributed by atoms with Crippen LogP contribution in [0.25, 0.3) is 11.0 Å². The van der Waals surface area contributed by atoms with Gasteiger partial charge in [0.1, 0.15) is 24.3 Å². The lowest BCUT2D eigenvalue weighted by Crippen LogP contribution is -2.26. The number of rotatable bonds is 6. The average Bonchev–Trinajstić information content (AvgIpc) is 2.91. The predicted molar refractivity (Wildman–Crippen MR) is 111 cm³/mol. The SMILES string of the molecule is Cc1ccc(OCC(O)Cn2c(C3CCC3)nc3ccccc32)c(C)c1.Cl. The van der Waals surface area contributed by atoms with E-state index in [1.807, 2.05) is 37.3 Å². The first-order chi connectivity index (χ1) is 12.6. The molecular weight excluding hydrogens is 360 g/mol. The minimum absolute atomic E-state index is 0. The third-order valence-corrected chi connectivity index (χ3v) is 5.31. The maximum Gasteiger partial charge on any atom is 0.122 e. The Morgan fingerprint density at radius 3 is 2.67 bits per heavy atom. The number of ether oxygens (including phenoxy) is 1. The summed E-state index contributed by atoms with van der Waals surface area (Å²) in [5, 5.41) is 10.6. The zero-order valence-electron chi connectivity index (χ0n) is 15.9. The van der Waals surface area contributed by atoms with Crippen LogP contribution in [-0.2, 0) is 6.54 Å². The molecule has 0 radical (unpaired) electrons. The van der Waals surface area contributed by atoms with Gasteiger partial charge < -0.3 is 14.4 Å². The number of hydrogen-bond acceptors (Lipinski definition) is 3. The summed E-state index contributed by atoms with van der Waals surface area (Å²) in [5.74, 6) is 2.47. The zero-order valence-corrected chi connectivity index (χ0v) is 16.7. The molecule has 3 aromatic rings. The summed E-state index contributed by atoms with van der Waals surface area (Å²) >= 11 is 0. The number of aryl methyl sites for hydroxylation is 2. The Kier molecular flexibility index (Phi) is 6.08. The number of hydrogen-bond donors (Lipinski definition) is 1. The van der Waals surface area contributed by atoms with E-state index in [1.165, 1.54) is 24.8 Å². The van der Waals surface area contributed by atoms with Crippen molar-refractivity contribution in [3.63, 3.8) is 0 Å². The molecule has 1 unspecified atom stereocenters. The predicted octanol–water partition coefficient (Wildman–Crippen LogP) is 4.78. The van der Waals surface area contributed by atoms with Crippen LogP contribution < -0.4 is 4.74 Å². The Morgan fingerprint density at radius 2 is 1.96 bits per heavy atom. The van der Waals surface area contributed by atoms with Gasteiger partial charge in [0.15, 0.2) is 0 Å². The quantitative estimate of drug-likeness (QED) is 0.663. The molecule has 0 saturated heterocycles. The van der Waals surface area contributed by atoms with Gasteiger partial charge in [-0.3, -0.25) is 0 Å². The molecule has 5 heteroatoms. The molecule has 1 aromatic heterocycles. The van der Waals surface area contributed by atoms with Crippen LogP contribution in [0.4, 0.5) is 0 Å².